The number of hydrogen-bond acceptors (Lipinski definition) is 7. The molecule has 0 fully saturated rings. The predicted octanol–water partition coefficient (Wildman–Crippen LogP) is 2.81. The van der Waals surface area contributed by atoms with Gasteiger partial charge in [-0.15, -0.1) is 0 Å². The maximum atomic E-state index is 12.8. The summed E-state index contributed by atoms with van der Waals surface area (Å²) in [7, 11) is -5.88. The van der Waals surface area contributed by atoms with Crippen molar-refractivity contribution in [1.29, 1.82) is 0 Å². The van der Waals surface area contributed by atoms with Crippen molar-refractivity contribution in [3.8, 4) is 5.88 Å². The lowest BCUT2D eigenvalue weighted by Gasteiger charge is -2.32. The number of para-hydroxylation sites is 1. The summed E-state index contributed by atoms with van der Waals surface area (Å²) >= 11 is 1.03. The highest BCUT2D eigenvalue weighted by Gasteiger charge is 2.51. The SMILES string of the molecule is CSc1nc2c(c(OS(=O)(=O)C(F)(F)F)n1)CCC1(C2)C(=O)Nc2ccccc21. The monoisotopic (exact) mass is 445 g/mol. The lowest BCUT2D eigenvalue weighted by molar-refractivity contribution is -0.121. The topological polar surface area (TPSA) is 98.2 Å². The van der Waals surface area contributed by atoms with E-state index in [-0.39, 0.29) is 35.9 Å². The van der Waals surface area contributed by atoms with Gasteiger partial charge in [0.15, 0.2) is 5.16 Å². The third-order valence-electron chi connectivity index (χ3n) is 5.09. The largest absolute Gasteiger partial charge is 0.534 e. The molecule has 1 aromatic carbocycles. The molecule has 0 saturated carbocycles. The van der Waals surface area contributed by atoms with E-state index in [1.807, 2.05) is 6.07 Å². The first kappa shape index (κ1) is 20.0. The number of nitrogens with zero attached hydrogens (tertiary/aromatic N) is 2. The average molecular weight is 445 g/mol. The Labute approximate surface area is 168 Å². The van der Waals surface area contributed by atoms with Gasteiger partial charge in [-0.05, 0) is 30.7 Å². The number of hydrogen-bond donors (Lipinski definition) is 1. The van der Waals surface area contributed by atoms with Crippen LogP contribution in [0.2, 0.25) is 0 Å². The highest BCUT2D eigenvalue weighted by Crippen LogP contribution is 2.47. The van der Waals surface area contributed by atoms with Gasteiger partial charge in [0.2, 0.25) is 11.8 Å². The summed E-state index contributed by atoms with van der Waals surface area (Å²) in [6.45, 7) is 0. The van der Waals surface area contributed by atoms with Crippen LogP contribution in [0.4, 0.5) is 18.9 Å². The Kier molecular flexibility index (Phi) is 4.53. The Morgan fingerprint density at radius 2 is 1.97 bits per heavy atom. The Balaban J connectivity index is 1.80. The molecule has 1 N–H and O–H groups in total. The maximum Gasteiger partial charge on any atom is 0.534 e. The Morgan fingerprint density at radius 1 is 1.24 bits per heavy atom. The minimum atomic E-state index is -5.88. The summed E-state index contributed by atoms with van der Waals surface area (Å²) in [5.74, 6) is -0.864. The maximum absolute atomic E-state index is 12.8. The van der Waals surface area contributed by atoms with Gasteiger partial charge >= 0.3 is 15.6 Å². The Hall–Kier alpha value is -2.34. The molecular weight excluding hydrogens is 431 g/mol. The summed E-state index contributed by atoms with van der Waals surface area (Å²) in [6, 6.07) is 7.18. The smallest absolute Gasteiger partial charge is 0.355 e. The van der Waals surface area contributed by atoms with Crippen molar-refractivity contribution >= 4 is 33.5 Å². The molecule has 1 aliphatic heterocycles. The number of amides is 1. The number of fused-ring (bicyclic) bond motifs is 3. The summed E-state index contributed by atoms with van der Waals surface area (Å²) in [4.78, 5) is 20.9. The number of thioether (sulfide) groups is 1. The van der Waals surface area contributed by atoms with Gasteiger partial charge in [-0.1, -0.05) is 30.0 Å². The second-order valence-corrected chi connectivity index (χ2v) is 8.99. The number of carbonyl (C=O) groups excluding carboxylic acids is 1. The van der Waals surface area contributed by atoms with Crippen molar-refractivity contribution in [2.45, 2.75) is 35.3 Å². The van der Waals surface area contributed by atoms with Crippen LogP contribution >= 0.6 is 11.8 Å². The van der Waals surface area contributed by atoms with Gasteiger partial charge in [0.1, 0.15) is 0 Å². The van der Waals surface area contributed by atoms with Crippen LogP contribution in [0, 0.1) is 0 Å². The van der Waals surface area contributed by atoms with Crippen LogP contribution in [0.5, 0.6) is 5.88 Å². The number of rotatable bonds is 3. The van der Waals surface area contributed by atoms with E-state index in [9.17, 15) is 26.4 Å². The summed E-state index contributed by atoms with van der Waals surface area (Å²) < 4.78 is 65.7. The number of alkyl halides is 3. The fourth-order valence-corrected chi connectivity index (χ4v) is 4.52. The minimum absolute atomic E-state index is 0.0554. The molecule has 1 atom stereocenters. The van der Waals surface area contributed by atoms with E-state index in [0.29, 0.717) is 11.4 Å². The average Bonchev–Trinajstić information content (AvgIpc) is 2.91. The lowest BCUT2D eigenvalue weighted by Crippen LogP contribution is -2.41. The van der Waals surface area contributed by atoms with Crippen LogP contribution < -0.4 is 9.50 Å². The van der Waals surface area contributed by atoms with Crippen LogP contribution in [0.15, 0.2) is 29.4 Å². The molecule has 1 aliphatic carbocycles. The number of benzene rings is 1. The zero-order valence-electron chi connectivity index (χ0n) is 14.9. The van der Waals surface area contributed by atoms with Crippen molar-refractivity contribution in [1.82, 2.24) is 9.97 Å². The zero-order valence-corrected chi connectivity index (χ0v) is 16.5. The minimum Gasteiger partial charge on any atom is -0.355 e. The van der Waals surface area contributed by atoms with Crippen LogP contribution in [0.1, 0.15) is 23.2 Å². The van der Waals surface area contributed by atoms with E-state index in [0.717, 1.165) is 17.3 Å². The molecule has 154 valence electrons. The van der Waals surface area contributed by atoms with Crippen LogP contribution in [-0.4, -0.2) is 36.1 Å². The normalized spacial score (nSPS) is 20.9. The molecule has 7 nitrogen and oxygen atoms in total. The van der Waals surface area contributed by atoms with Crippen LogP contribution in [0.25, 0.3) is 0 Å². The number of nitrogens with one attached hydrogen (secondary N) is 1. The van der Waals surface area contributed by atoms with E-state index in [1.54, 1.807) is 24.5 Å². The fraction of sp³-hybridized carbons (Fsp3) is 0.353. The fourth-order valence-electron chi connectivity index (χ4n) is 3.70. The van der Waals surface area contributed by atoms with E-state index in [2.05, 4.69) is 19.5 Å². The van der Waals surface area contributed by atoms with Gasteiger partial charge < -0.3 is 9.50 Å². The second-order valence-electron chi connectivity index (χ2n) is 6.68. The van der Waals surface area contributed by atoms with Gasteiger partial charge in [0, 0.05) is 17.7 Å². The summed E-state index contributed by atoms with van der Waals surface area (Å²) in [5, 5.41) is 2.88. The van der Waals surface area contributed by atoms with Gasteiger partial charge in [-0.25, -0.2) is 4.98 Å². The number of anilines is 1. The van der Waals surface area contributed by atoms with Crippen molar-refractivity contribution in [3.63, 3.8) is 0 Å². The summed E-state index contributed by atoms with van der Waals surface area (Å²) in [5.41, 5.74) is -4.58. The molecule has 1 aromatic heterocycles. The van der Waals surface area contributed by atoms with E-state index in [1.165, 1.54) is 0 Å². The van der Waals surface area contributed by atoms with E-state index in [4.69, 9.17) is 0 Å². The van der Waals surface area contributed by atoms with Crippen molar-refractivity contribution in [2.75, 3.05) is 11.6 Å². The first-order chi connectivity index (χ1) is 13.6. The lowest BCUT2D eigenvalue weighted by atomic mass is 9.69. The third kappa shape index (κ3) is 3.14. The molecule has 2 heterocycles. The Bertz CT molecular complexity index is 1120. The Morgan fingerprint density at radius 3 is 2.66 bits per heavy atom. The number of halogens is 3. The molecular formula is C17H14F3N3O4S2. The molecule has 4 rings (SSSR count). The quantitative estimate of drug-likeness (QED) is 0.336. The van der Waals surface area contributed by atoms with Crippen LogP contribution in [-0.2, 0) is 33.2 Å². The van der Waals surface area contributed by atoms with Crippen molar-refractivity contribution in [2.24, 2.45) is 0 Å². The predicted molar refractivity (Wildman–Crippen MR) is 98.2 cm³/mol. The van der Waals surface area contributed by atoms with E-state index < -0.39 is 26.9 Å². The van der Waals surface area contributed by atoms with Crippen molar-refractivity contribution in [3.05, 3.63) is 41.1 Å². The molecule has 2 aliphatic rings. The molecule has 1 unspecified atom stereocenters. The standard InChI is InChI=1S/C17H14F3N3O4S2/c1-28-15-22-12-8-16(10-4-2-3-5-11(10)21-14(16)24)7-6-9(12)13(23-15)27-29(25,26)17(18,19)20/h2-5H,6-8H2,1H3,(H,21,24). The van der Waals surface area contributed by atoms with E-state index >= 15 is 0 Å². The molecule has 1 spiro atoms. The molecule has 12 heteroatoms. The second kappa shape index (κ2) is 6.59. The highest BCUT2D eigenvalue weighted by atomic mass is 32.2. The third-order valence-corrected chi connectivity index (χ3v) is 6.58. The molecule has 2 aromatic rings. The molecule has 29 heavy (non-hydrogen) atoms. The number of aromatic nitrogens is 2. The molecule has 0 bridgehead atoms. The molecule has 0 radical (unpaired) electrons. The molecule has 0 saturated heterocycles. The van der Waals surface area contributed by atoms with Gasteiger partial charge in [0.25, 0.3) is 0 Å². The highest BCUT2D eigenvalue weighted by molar-refractivity contribution is 7.98. The van der Waals surface area contributed by atoms with Gasteiger partial charge in [0.05, 0.1) is 11.1 Å². The van der Waals surface area contributed by atoms with Gasteiger partial charge in [-0.2, -0.15) is 26.6 Å². The first-order valence-corrected chi connectivity index (χ1v) is 11.1. The zero-order chi connectivity index (χ0) is 21.0. The number of carbonyl (C=O) groups is 1. The molecule has 1 amide bonds. The van der Waals surface area contributed by atoms with Gasteiger partial charge in [-0.3, -0.25) is 4.79 Å². The summed E-state index contributed by atoms with van der Waals surface area (Å²) in [6.07, 6.45) is 2.05. The van der Waals surface area contributed by atoms with Crippen LogP contribution in [0.3, 0.4) is 0 Å². The van der Waals surface area contributed by atoms with Crippen molar-refractivity contribution < 1.29 is 30.6 Å². The first-order valence-electron chi connectivity index (χ1n) is 8.43.